The predicted octanol–water partition coefficient (Wildman–Crippen LogP) is 4.01. The summed E-state index contributed by atoms with van der Waals surface area (Å²) in [5.74, 6) is -0.911. The first-order chi connectivity index (χ1) is 15.5. The second kappa shape index (κ2) is 11.7. The number of benzene rings is 2. The van der Waals surface area contributed by atoms with Crippen LogP contribution in [0.4, 0.5) is 5.69 Å². The minimum absolute atomic E-state index is 0.0520. The molecule has 0 bridgehead atoms. The van der Waals surface area contributed by atoms with Crippen LogP contribution >= 0.6 is 23.2 Å². The molecule has 10 heteroatoms. The number of rotatable bonds is 10. The van der Waals surface area contributed by atoms with Gasteiger partial charge in [-0.05, 0) is 44.5 Å². The minimum Gasteiger partial charge on any atom is -0.354 e. The number of hydrogen-bond acceptors (Lipinski definition) is 4. The molecule has 180 valence electrons. The third-order valence-corrected chi connectivity index (χ3v) is 6.96. The van der Waals surface area contributed by atoms with E-state index in [1.807, 2.05) is 13.8 Å². The van der Waals surface area contributed by atoms with Gasteiger partial charge >= 0.3 is 0 Å². The van der Waals surface area contributed by atoms with Gasteiger partial charge in [0.25, 0.3) is 0 Å². The first-order valence-corrected chi connectivity index (χ1v) is 13.1. The molecule has 7 nitrogen and oxygen atoms in total. The van der Waals surface area contributed by atoms with Crippen molar-refractivity contribution in [3.8, 4) is 0 Å². The van der Waals surface area contributed by atoms with Gasteiger partial charge in [-0.2, -0.15) is 0 Å². The Kier molecular flexibility index (Phi) is 9.57. The highest BCUT2D eigenvalue weighted by Gasteiger charge is 2.30. The molecule has 0 unspecified atom stereocenters. The van der Waals surface area contributed by atoms with E-state index in [0.29, 0.717) is 27.8 Å². The second-order valence-electron chi connectivity index (χ2n) is 7.79. The number of nitrogens with one attached hydrogen (secondary N) is 1. The summed E-state index contributed by atoms with van der Waals surface area (Å²) in [5.41, 5.74) is 1.79. The van der Waals surface area contributed by atoms with Crippen LogP contribution in [-0.4, -0.2) is 50.5 Å². The van der Waals surface area contributed by atoms with Crippen LogP contribution in [0.3, 0.4) is 0 Å². The van der Waals surface area contributed by atoms with Gasteiger partial charge in [0.2, 0.25) is 21.8 Å². The van der Waals surface area contributed by atoms with Crippen LogP contribution in [0.1, 0.15) is 31.4 Å². The Bertz CT molecular complexity index is 1070. The monoisotopic (exact) mass is 513 g/mol. The summed E-state index contributed by atoms with van der Waals surface area (Å²) in [6.45, 7) is 5.31. The average Bonchev–Trinajstić information content (AvgIpc) is 2.75. The predicted molar refractivity (Wildman–Crippen MR) is 133 cm³/mol. The third kappa shape index (κ3) is 7.35. The SMILES string of the molecule is CCCNC(=O)[C@H](C)N(Cc1c(Cl)cccc1Cl)C(=O)CN(c1ccc(C)cc1)S(C)(=O)=O. The topological polar surface area (TPSA) is 86.8 Å². The van der Waals surface area contributed by atoms with Gasteiger partial charge in [0.05, 0.1) is 11.9 Å². The fourth-order valence-electron chi connectivity index (χ4n) is 3.16. The van der Waals surface area contributed by atoms with Crippen LogP contribution < -0.4 is 9.62 Å². The number of hydrogen-bond donors (Lipinski definition) is 1. The van der Waals surface area contributed by atoms with E-state index in [9.17, 15) is 18.0 Å². The van der Waals surface area contributed by atoms with Gasteiger partial charge in [-0.1, -0.05) is 53.9 Å². The van der Waals surface area contributed by atoms with Gasteiger partial charge in [0.1, 0.15) is 12.6 Å². The highest BCUT2D eigenvalue weighted by Crippen LogP contribution is 2.27. The zero-order valence-electron chi connectivity index (χ0n) is 19.1. The lowest BCUT2D eigenvalue weighted by atomic mass is 10.1. The van der Waals surface area contributed by atoms with E-state index in [4.69, 9.17) is 23.2 Å². The van der Waals surface area contributed by atoms with E-state index >= 15 is 0 Å². The average molecular weight is 514 g/mol. The van der Waals surface area contributed by atoms with Crippen LogP contribution in [0.25, 0.3) is 0 Å². The van der Waals surface area contributed by atoms with E-state index < -0.39 is 28.5 Å². The molecule has 1 N–H and O–H groups in total. The smallest absolute Gasteiger partial charge is 0.244 e. The molecule has 0 aliphatic rings. The van der Waals surface area contributed by atoms with Gasteiger partial charge in [-0.3, -0.25) is 13.9 Å². The lowest BCUT2D eigenvalue weighted by Crippen LogP contribution is -2.51. The lowest BCUT2D eigenvalue weighted by Gasteiger charge is -2.32. The molecule has 33 heavy (non-hydrogen) atoms. The highest BCUT2D eigenvalue weighted by molar-refractivity contribution is 7.92. The first-order valence-electron chi connectivity index (χ1n) is 10.5. The Labute approximate surface area is 205 Å². The Morgan fingerprint density at radius 1 is 1.06 bits per heavy atom. The van der Waals surface area contributed by atoms with Gasteiger partial charge in [0, 0.05) is 28.7 Å². The summed E-state index contributed by atoms with van der Waals surface area (Å²) >= 11 is 12.6. The minimum atomic E-state index is -3.78. The molecule has 1 atom stereocenters. The molecule has 0 aromatic heterocycles. The molecule has 0 radical (unpaired) electrons. The molecule has 2 amide bonds. The number of nitrogens with zero attached hydrogens (tertiary/aromatic N) is 2. The fourth-order valence-corrected chi connectivity index (χ4v) is 4.52. The molecule has 2 rings (SSSR count). The maximum Gasteiger partial charge on any atom is 0.244 e. The van der Waals surface area contributed by atoms with Crippen LogP contribution in [0.2, 0.25) is 10.0 Å². The maximum absolute atomic E-state index is 13.4. The number of halogens is 2. The normalized spacial score (nSPS) is 12.2. The number of sulfonamides is 1. The summed E-state index contributed by atoms with van der Waals surface area (Å²) in [7, 11) is -3.78. The van der Waals surface area contributed by atoms with Gasteiger partial charge in [-0.15, -0.1) is 0 Å². The van der Waals surface area contributed by atoms with Crippen molar-refractivity contribution in [3.63, 3.8) is 0 Å². The van der Waals surface area contributed by atoms with E-state index in [-0.39, 0.29) is 12.5 Å². The molecule has 0 heterocycles. The number of aryl methyl sites for hydroxylation is 1. The lowest BCUT2D eigenvalue weighted by molar-refractivity contribution is -0.139. The number of amides is 2. The molecule has 0 saturated heterocycles. The van der Waals surface area contributed by atoms with Gasteiger partial charge in [-0.25, -0.2) is 8.42 Å². The van der Waals surface area contributed by atoms with Gasteiger partial charge in [0.15, 0.2) is 0 Å². The van der Waals surface area contributed by atoms with Crippen molar-refractivity contribution in [2.24, 2.45) is 0 Å². The maximum atomic E-state index is 13.4. The molecule has 2 aromatic rings. The molecule has 2 aromatic carbocycles. The number of carbonyl (C=O) groups is 2. The number of carbonyl (C=O) groups excluding carboxylic acids is 2. The number of anilines is 1. The Balaban J connectivity index is 2.42. The zero-order chi connectivity index (χ0) is 24.8. The largest absolute Gasteiger partial charge is 0.354 e. The molecular weight excluding hydrogens is 485 g/mol. The summed E-state index contributed by atoms with van der Waals surface area (Å²) < 4.78 is 26.1. The van der Waals surface area contributed by atoms with Crippen LogP contribution in [0.5, 0.6) is 0 Å². The Hall–Kier alpha value is -2.29. The molecule has 0 fully saturated rings. The van der Waals surface area contributed by atoms with Crippen molar-refractivity contribution < 1.29 is 18.0 Å². The van der Waals surface area contributed by atoms with Crippen molar-refractivity contribution in [3.05, 3.63) is 63.6 Å². The van der Waals surface area contributed by atoms with Crippen molar-refractivity contribution in [2.45, 2.75) is 39.8 Å². The van der Waals surface area contributed by atoms with Crippen molar-refractivity contribution >= 4 is 50.7 Å². The summed E-state index contributed by atoms with van der Waals surface area (Å²) in [5, 5.41) is 3.47. The van der Waals surface area contributed by atoms with E-state index in [2.05, 4.69) is 5.32 Å². The zero-order valence-corrected chi connectivity index (χ0v) is 21.5. The highest BCUT2D eigenvalue weighted by atomic mass is 35.5. The summed E-state index contributed by atoms with van der Waals surface area (Å²) in [6, 6.07) is 10.9. The van der Waals surface area contributed by atoms with E-state index in [1.54, 1.807) is 49.4 Å². The first kappa shape index (κ1) is 27.0. The summed E-state index contributed by atoms with van der Waals surface area (Å²) in [4.78, 5) is 27.4. The molecular formula is C23H29Cl2N3O4S. The summed E-state index contributed by atoms with van der Waals surface area (Å²) in [6.07, 6.45) is 1.77. The van der Waals surface area contributed by atoms with E-state index in [1.165, 1.54) is 4.90 Å². The standard InChI is InChI=1S/C23H29Cl2N3O4S/c1-5-13-26-23(30)17(3)27(14-19-20(24)7-6-8-21(19)25)22(29)15-28(33(4,31)32)18-11-9-16(2)10-12-18/h6-12,17H,5,13-15H2,1-4H3,(H,26,30)/t17-/m0/s1. The fraction of sp³-hybridized carbons (Fsp3) is 0.391. The van der Waals surface area contributed by atoms with Crippen molar-refractivity contribution in [1.82, 2.24) is 10.2 Å². The second-order valence-corrected chi connectivity index (χ2v) is 10.5. The van der Waals surface area contributed by atoms with Crippen molar-refractivity contribution in [1.29, 1.82) is 0 Å². The molecule has 0 saturated carbocycles. The Morgan fingerprint density at radius 3 is 2.15 bits per heavy atom. The quantitative estimate of drug-likeness (QED) is 0.519. The molecule has 0 spiro atoms. The Morgan fingerprint density at radius 2 is 1.64 bits per heavy atom. The molecule has 0 aliphatic carbocycles. The molecule has 0 aliphatic heterocycles. The third-order valence-electron chi connectivity index (χ3n) is 5.11. The van der Waals surface area contributed by atoms with Gasteiger partial charge < -0.3 is 10.2 Å². The van der Waals surface area contributed by atoms with Crippen LogP contribution in [0, 0.1) is 6.92 Å². The van der Waals surface area contributed by atoms with E-state index in [0.717, 1.165) is 22.5 Å². The van der Waals surface area contributed by atoms with Crippen LogP contribution in [-0.2, 0) is 26.2 Å². The van der Waals surface area contributed by atoms with Crippen LogP contribution in [0.15, 0.2) is 42.5 Å². The van der Waals surface area contributed by atoms with Crippen molar-refractivity contribution in [2.75, 3.05) is 23.7 Å².